The molecule has 0 saturated heterocycles. The Morgan fingerprint density at radius 2 is 1.57 bits per heavy atom. The topological polar surface area (TPSA) is 84.5 Å². The number of carbonyl (C=O) groups excluding carboxylic acids is 1. The van der Waals surface area contributed by atoms with Gasteiger partial charge in [0.25, 0.3) is 15.9 Å². The Balaban J connectivity index is 1.60. The van der Waals surface area contributed by atoms with Crippen LogP contribution in [0, 0.1) is 19.7 Å². The number of sulfonamides is 1. The molecule has 2 N–H and O–H groups in total. The summed E-state index contributed by atoms with van der Waals surface area (Å²) < 4.78 is 45.7. The third-order valence-corrected chi connectivity index (χ3v) is 5.86. The van der Waals surface area contributed by atoms with Crippen molar-refractivity contribution in [1.29, 1.82) is 0 Å². The molecule has 156 valence electrons. The number of carbonyl (C=O) groups is 1. The maximum absolute atomic E-state index is 13.0. The molecule has 0 spiro atoms. The van der Waals surface area contributed by atoms with E-state index in [4.69, 9.17) is 4.74 Å². The number of anilines is 2. The maximum atomic E-state index is 13.0. The van der Waals surface area contributed by atoms with Crippen molar-refractivity contribution in [2.75, 3.05) is 16.6 Å². The van der Waals surface area contributed by atoms with Gasteiger partial charge >= 0.3 is 0 Å². The fourth-order valence-corrected chi connectivity index (χ4v) is 3.73. The van der Waals surface area contributed by atoms with Gasteiger partial charge in [0.1, 0.15) is 11.6 Å². The minimum absolute atomic E-state index is 0.0106. The first-order valence-corrected chi connectivity index (χ1v) is 10.6. The molecule has 0 radical (unpaired) electrons. The van der Waals surface area contributed by atoms with E-state index in [0.29, 0.717) is 11.4 Å². The Hall–Kier alpha value is -3.39. The van der Waals surface area contributed by atoms with Gasteiger partial charge in [0.15, 0.2) is 6.61 Å². The predicted octanol–water partition coefficient (Wildman–Crippen LogP) is 4.26. The molecule has 3 rings (SSSR count). The first-order valence-electron chi connectivity index (χ1n) is 9.12. The molecule has 0 aliphatic rings. The smallest absolute Gasteiger partial charge is 0.262 e. The van der Waals surface area contributed by atoms with Crippen molar-refractivity contribution >= 4 is 27.3 Å². The molecule has 0 bridgehead atoms. The monoisotopic (exact) mass is 428 g/mol. The van der Waals surface area contributed by atoms with E-state index in [1.54, 1.807) is 6.07 Å². The second-order valence-corrected chi connectivity index (χ2v) is 8.35. The maximum Gasteiger partial charge on any atom is 0.262 e. The number of hydrogen-bond acceptors (Lipinski definition) is 4. The Bertz CT molecular complexity index is 1140. The van der Waals surface area contributed by atoms with Crippen molar-refractivity contribution in [2.24, 2.45) is 0 Å². The summed E-state index contributed by atoms with van der Waals surface area (Å²) in [4.78, 5) is 12.1. The molecular formula is C22H21FN2O4S. The Morgan fingerprint density at radius 3 is 2.23 bits per heavy atom. The molecule has 8 heteroatoms. The Morgan fingerprint density at radius 1 is 0.933 bits per heavy atom. The van der Waals surface area contributed by atoms with E-state index in [1.807, 2.05) is 26.0 Å². The summed E-state index contributed by atoms with van der Waals surface area (Å²) >= 11 is 0. The van der Waals surface area contributed by atoms with Crippen molar-refractivity contribution in [1.82, 2.24) is 0 Å². The third-order valence-electron chi connectivity index (χ3n) is 4.46. The van der Waals surface area contributed by atoms with Crippen molar-refractivity contribution < 1.29 is 22.3 Å². The number of aryl methyl sites for hydroxylation is 1. The number of halogens is 1. The zero-order chi connectivity index (χ0) is 21.7. The standard InChI is InChI=1S/C22H21FN2O4S/c1-15-4-3-5-21(16(15)2)29-14-22(26)24-18-10-12-20(13-11-18)30(27,28)25-19-8-6-17(23)7-9-19/h3-13,25H,14H2,1-2H3,(H,24,26). The van der Waals surface area contributed by atoms with E-state index >= 15 is 0 Å². The van der Waals surface area contributed by atoms with E-state index < -0.39 is 15.8 Å². The Kier molecular flexibility index (Phi) is 6.37. The van der Waals surface area contributed by atoms with Crippen LogP contribution in [0.1, 0.15) is 11.1 Å². The summed E-state index contributed by atoms with van der Waals surface area (Å²) in [5, 5.41) is 2.66. The second-order valence-electron chi connectivity index (χ2n) is 6.67. The average molecular weight is 428 g/mol. The van der Waals surface area contributed by atoms with Crippen LogP contribution in [0.4, 0.5) is 15.8 Å². The van der Waals surface area contributed by atoms with Crippen LogP contribution < -0.4 is 14.8 Å². The molecule has 0 fully saturated rings. The molecule has 0 aromatic heterocycles. The van der Waals surface area contributed by atoms with Gasteiger partial charge in [0.2, 0.25) is 0 Å². The molecule has 0 heterocycles. The van der Waals surface area contributed by atoms with E-state index in [1.165, 1.54) is 36.4 Å². The minimum atomic E-state index is -3.84. The van der Waals surface area contributed by atoms with Gasteiger partial charge in [-0.1, -0.05) is 12.1 Å². The summed E-state index contributed by atoms with van der Waals surface area (Å²) in [5.41, 5.74) is 2.72. The summed E-state index contributed by atoms with van der Waals surface area (Å²) in [6.07, 6.45) is 0. The molecular weight excluding hydrogens is 407 g/mol. The van der Waals surface area contributed by atoms with Gasteiger partial charge in [0.05, 0.1) is 4.90 Å². The average Bonchev–Trinajstić information content (AvgIpc) is 2.71. The largest absolute Gasteiger partial charge is 0.483 e. The van der Waals surface area contributed by atoms with Crippen LogP contribution in [-0.4, -0.2) is 20.9 Å². The number of nitrogens with one attached hydrogen (secondary N) is 2. The first kappa shape index (κ1) is 21.3. The summed E-state index contributed by atoms with van der Waals surface area (Å²) in [5.74, 6) is -0.186. The lowest BCUT2D eigenvalue weighted by Gasteiger charge is -2.12. The van der Waals surface area contributed by atoms with Crippen LogP contribution in [0.5, 0.6) is 5.75 Å². The van der Waals surface area contributed by atoms with Crippen LogP contribution in [0.2, 0.25) is 0 Å². The van der Waals surface area contributed by atoms with Gasteiger partial charge in [-0.3, -0.25) is 9.52 Å². The minimum Gasteiger partial charge on any atom is -0.483 e. The van der Waals surface area contributed by atoms with Crippen LogP contribution in [0.3, 0.4) is 0 Å². The Labute approximate surface area is 174 Å². The van der Waals surface area contributed by atoms with Crippen molar-refractivity contribution in [2.45, 2.75) is 18.7 Å². The second kappa shape index (κ2) is 8.96. The van der Waals surface area contributed by atoms with Gasteiger partial charge in [-0.2, -0.15) is 0 Å². The molecule has 30 heavy (non-hydrogen) atoms. The fraction of sp³-hybridized carbons (Fsp3) is 0.136. The highest BCUT2D eigenvalue weighted by molar-refractivity contribution is 7.92. The molecule has 0 atom stereocenters. The number of hydrogen-bond donors (Lipinski definition) is 2. The molecule has 0 unspecified atom stereocenters. The van der Waals surface area contributed by atoms with E-state index in [2.05, 4.69) is 10.0 Å². The van der Waals surface area contributed by atoms with E-state index in [-0.39, 0.29) is 23.1 Å². The molecule has 6 nitrogen and oxygen atoms in total. The SMILES string of the molecule is Cc1cccc(OCC(=O)Nc2ccc(S(=O)(=O)Nc3ccc(F)cc3)cc2)c1C. The molecule has 1 amide bonds. The summed E-state index contributed by atoms with van der Waals surface area (Å²) in [7, 11) is -3.84. The van der Waals surface area contributed by atoms with Gasteiger partial charge < -0.3 is 10.1 Å². The third kappa shape index (κ3) is 5.36. The molecule has 3 aromatic rings. The molecule has 0 aliphatic carbocycles. The zero-order valence-electron chi connectivity index (χ0n) is 16.5. The van der Waals surface area contributed by atoms with Crippen LogP contribution >= 0.6 is 0 Å². The highest BCUT2D eigenvalue weighted by Gasteiger charge is 2.14. The van der Waals surface area contributed by atoms with Gasteiger partial charge in [-0.15, -0.1) is 0 Å². The lowest BCUT2D eigenvalue weighted by atomic mass is 10.1. The van der Waals surface area contributed by atoms with Crippen molar-refractivity contribution in [3.63, 3.8) is 0 Å². The lowest BCUT2D eigenvalue weighted by molar-refractivity contribution is -0.118. The van der Waals surface area contributed by atoms with Gasteiger partial charge in [0, 0.05) is 11.4 Å². The number of amides is 1. The summed E-state index contributed by atoms with van der Waals surface area (Å²) in [6, 6.07) is 16.3. The highest BCUT2D eigenvalue weighted by Crippen LogP contribution is 2.21. The highest BCUT2D eigenvalue weighted by atomic mass is 32.2. The van der Waals surface area contributed by atoms with Crippen molar-refractivity contribution in [3.8, 4) is 5.75 Å². The van der Waals surface area contributed by atoms with Crippen LogP contribution in [0.25, 0.3) is 0 Å². The lowest BCUT2D eigenvalue weighted by Crippen LogP contribution is -2.20. The number of ether oxygens (including phenoxy) is 1. The normalized spacial score (nSPS) is 11.0. The first-order chi connectivity index (χ1) is 14.2. The quantitative estimate of drug-likeness (QED) is 0.589. The predicted molar refractivity (Wildman–Crippen MR) is 114 cm³/mol. The summed E-state index contributed by atoms with van der Waals surface area (Å²) in [6.45, 7) is 3.71. The number of rotatable bonds is 7. The number of benzene rings is 3. The molecule has 0 aliphatic heterocycles. The van der Waals surface area contributed by atoms with E-state index in [9.17, 15) is 17.6 Å². The van der Waals surface area contributed by atoms with Crippen LogP contribution in [0.15, 0.2) is 71.6 Å². The van der Waals surface area contributed by atoms with Gasteiger partial charge in [-0.25, -0.2) is 12.8 Å². The van der Waals surface area contributed by atoms with E-state index in [0.717, 1.165) is 23.3 Å². The fourth-order valence-electron chi connectivity index (χ4n) is 2.67. The van der Waals surface area contributed by atoms with Gasteiger partial charge in [-0.05, 0) is 79.6 Å². The zero-order valence-corrected chi connectivity index (χ0v) is 17.3. The van der Waals surface area contributed by atoms with Crippen LogP contribution in [-0.2, 0) is 14.8 Å². The van der Waals surface area contributed by atoms with Crippen molar-refractivity contribution in [3.05, 3.63) is 83.7 Å². The molecule has 3 aromatic carbocycles. The molecule has 0 saturated carbocycles.